The fourth-order valence-corrected chi connectivity index (χ4v) is 2.01. The molecule has 0 aromatic rings. The molecular formula is C13H25F3N2O. The van der Waals surface area contributed by atoms with Crippen molar-refractivity contribution >= 4 is 5.91 Å². The van der Waals surface area contributed by atoms with Crippen LogP contribution in [0.25, 0.3) is 0 Å². The molecule has 3 nitrogen and oxygen atoms in total. The van der Waals surface area contributed by atoms with Gasteiger partial charge in [-0.1, -0.05) is 13.3 Å². The van der Waals surface area contributed by atoms with E-state index >= 15 is 0 Å². The minimum absolute atomic E-state index is 0.159. The third kappa shape index (κ3) is 8.08. The van der Waals surface area contributed by atoms with Crippen molar-refractivity contribution < 1.29 is 18.0 Å². The van der Waals surface area contributed by atoms with Gasteiger partial charge in [0.2, 0.25) is 5.91 Å². The number of hydrogen-bond donors (Lipinski definition) is 1. The van der Waals surface area contributed by atoms with Gasteiger partial charge in [0.05, 0.1) is 0 Å². The second-order valence-electron chi connectivity index (χ2n) is 5.12. The molecule has 0 saturated carbocycles. The van der Waals surface area contributed by atoms with Crippen molar-refractivity contribution in [1.82, 2.24) is 4.90 Å². The van der Waals surface area contributed by atoms with Gasteiger partial charge in [-0.3, -0.25) is 4.79 Å². The molecule has 0 bridgehead atoms. The largest absolute Gasteiger partial charge is 0.406 e. The smallest absolute Gasteiger partial charge is 0.331 e. The fourth-order valence-electron chi connectivity index (χ4n) is 2.01. The molecule has 1 atom stereocenters. The van der Waals surface area contributed by atoms with Crippen molar-refractivity contribution in [3.63, 3.8) is 0 Å². The highest BCUT2D eigenvalue weighted by molar-refractivity contribution is 5.76. The van der Waals surface area contributed by atoms with E-state index in [1.54, 1.807) is 13.8 Å². The lowest BCUT2D eigenvalue weighted by molar-refractivity contribution is -0.164. The van der Waals surface area contributed by atoms with Gasteiger partial charge in [0, 0.05) is 12.5 Å². The maximum atomic E-state index is 12.4. The van der Waals surface area contributed by atoms with Gasteiger partial charge in [-0.05, 0) is 39.2 Å². The number of nitrogens with two attached hydrogens (primary N) is 1. The first-order valence-electron chi connectivity index (χ1n) is 6.77. The van der Waals surface area contributed by atoms with E-state index < -0.39 is 24.7 Å². The van der Waals surface area contributed by atoms with Crippen molar-refractivity contribution in [2.24, 2.45) is 11.7 Å². The van der Waals surface area contributed by atoms with Crippen molar-refractivity contribution in [3.05, 3.63) is 0 Å². The maximum Gasteiger partial charge on any atom is 0.406 e. The molecule has 0 fully saturated rings. The molecule has 0 saturated heterocycles. The lowest BCUT2D eigenvalue weighted by Crippen LogP contribution is -2.43. The first kappa shape index (κ1) is 18.2. The number of carbonyl (C=O) groups excluding carboxylic acids is 1. The molecule has 6 heteroatoms. The molecule has 0 aliphatic rings. The van der Waals surface area contributed by atoms with Crippen LogP contribution < -0.4 is 5.73 Å². The number of halogens is 3. The Morgan fingerprint density at radius 1 is 1.26 bits per heavy atom. The van der Waals surface area contributed by atoms with E-state index in [0.717, 1.165) is 17.7 Å². The van der Waals surface area contributed by atoms with Crippen LogP contribution in [-0.2, 0) is 4.79 Å². The van der Waals surface area contributed by atoms with E-state index in [9.17, 15) is 18.0 Å². The number of nitrogens with zero attached hydrogens (tertiary/aromatic N) is 1. The van der Waals surface area contributed by atoms with Crippen LogP contribution in [0, 0.1) is 5.92 Å². The Morgan fingerprint density at radius 3 is 2.21 bits per heavy atom. The predicted octanol–water partition coefficient (Wildman–Crippen LogP) is 2.94. The first-order valence-corrected chi connectivity index (χ1v) is 6.77. The summed E-state index contributed by atoms with van der Waals surface area (Å²) in [5.74, 6) is -0.114. The molecule has 114 valence electrons. The lowest BCUT2D eigenvalue weighted by atomic mass is 9.96. The Labute approximate surface area is 113 Å². The molecule has 0 aliphatic carbocycles. The average molecular weight is 282 g/mol. The van der Waals surface area contributed by atoms with Crippen LogP contribution >= 0.6 is 0 Å². The molecule has 19 heavy (non-hydrogen) atoms. The van der Waals surface area contributed by atoms with E-state index in [1.165, 1.54) is 0 Å². The molecule has 0 rings (SSSR count). The van der Waals surface area contributed by atoms with Gasteiger partial charge in [0.15, 0.2) is 0 Å². The Balaban J connectivity index is 4.41. The summed E-state index contributed by atoms with van der Waals surface area (Å²) in [5.41, 5.74) is 5.46. The van der Waals surface area contributed by atoms with Crippen LogP contribution in [0.15, 0.2) is 0 Å². The van der Waals surface area contributed by atoms with Crippen LogP contribution in [-0.4, -0.2) is 36.1 Å². The Kier molecular flexibility index (Phi) is 8.06. The number of carbonyl (C=O) groups is 1. The van der Waals surface area contributed by atoms with Gasteiger partial charge in [-0.15, -0.1) is 0 Å². The van der Waals surface area contributed by atoms with Crippen LogP contribution in [0.5, 0.6) is 0 Å². The molecule has 1 amide bonds. The molecule has 0 aliphatic heterocycles. The third-order valence-corrected chi connectivity index (χ3v) is 3.21. The van der Waals surface area contributed by atoms with Gasteiger partial charge in [-0.2, -0.15) is 13.2 Å². The summed E-state index contributed by atoms with van der Waals surface area (Å²) >= 11 is 0. The Bertz CT molecular complexity index is 267. The normalized spacial score (nSPS) is 13.7. The molecule has 0 spiro atoms. The standard InChI is InChI=1S/C13H25F3N2O/c1-4-11(7-8-17)5-6-12(19)18(10(2)3)9-13(14,15)16/h10-11H,4-9,17H2,1-3H3. The van der Waals surface area contributed by atoms with Gasteiger partial charge in [-0.25, -0.2) is 0 Å². The molecule has 1 unspecified atom stereocenters. The van der Waals surface area contributed by atoms with E-state index in [2.05, 4.69) is 0 Å². The Morgan fingerprint density at radius 2 is 1.84 bits per heavy atom. The van der Waals surface area contributed by atoms with Crippen molar-refractivity contribution in [1.29, 1.82) is 0 Å². The zero-order valence-electron chi connectivity index (χ0n) is 12.0. The predicted molar refractivity (Wildman–Crippen MR) is 69.6 cm³/mol. The highest BCUT2D eigenvalue weighted by Crippen LogP contribution is 2.21. The van der Waals surface area contributed by atoms with E-state index in [0.29, 0.717) is 18.9 Å². The topological polar surface area (TPSA) is 46.3 Å². The van der Waals surface area contributed by atoms with Crippen molar-refractivity contribution in [3.8, 4) is 0 Å². The summed E-state index contributed by atoms with van der Waals surface area (Å²) in [7, 11) is 0. The van der Waals surface area contributed by atoms with E-state index in [1.807, 2.05) is 6.92 Å². The first-order chi connectivity index (χ1) is 8.71. The van der Waals surface area contributed by atoms with Crippen LogP contribution in [0.2, 0.25) is 0 Å². The monoisotopic (exact) mass is 282 g/mol. The number of amides is 1. The summed E-state index contributed by atoms with van der Waals surface area (Å²) in [6.45, 7) is 4.57. The summed E-state index contributed by atoms with van der Waals surface area (Å²) in [6, 6.07) is -0.441. The molecule has 0 heterocycles. The quantitative estimate of drug-likeness (QED) is 0.744. The number of hydrogen-bond acceptors (Lipinski definition) is 2. The maximum absolute atomic E-state index is 12.4. The number of rotatable bonds is 8. The summed E-state index contributed by atoms with van der Waals surface area (Å²) in [5, 5.41) is 0. The van der Waals surface area contributed by atoms with Gasteiger partial charge in [0.1, 0.15) is 6.54 Å². The second kappa shape index (κ2) is 8.40. The minimum Gasteiger partial charge on any atom is -0.331 e. The molecule has 0 radical (unpaired) electrons. The van der Waals surface area contributed by atoms with Crippen LogP contribution in [0.4, 0.5) is 13.2 Å². The highest BCUT2D eigenvalue weighted by Gasteiger charge is 2.34. The zero-order chi connectivity index (χ0) is 15.1. The third-order valence-electron chi connectivity index (χ3n) is 3.21. The van der Waals surface area contributed by atoms with E-state index in [-0.39, 0.29) is 6.42 Å². The SMILES string of the molecule is CCC(CCN)CCC(=O)N(CC(F)(F)F)C(C)C. The van der Waals surface area contributed by atoms with Crippen LogP contribution in [0.1, 0.15) is 46.5 Å². The summed E-state index contributed by atoms with van der Waals surface area (Å²) in [6.07, 6.45) is -1.88. The van der Waals surface area contributed by atoms with Crippen molar-refractivity contribution in [2.45, 2.75) is 58.7 Å². The molecular weight excluding hydrogens is 257 g/mol. The summed E-state index contributed by atoms with van der Waals surface area (Å²) in [4.78, 5) is 12.8. The molecule has 0 aromatic carbocycles. The van der Waals surface area contributed by atoms with Crippen LogP contribution in [0.3, 0.4) is 0 Å². The number of alkyl halides is 3. The van der Waals surface area contributed by atoms with Gasteiger partial charge >= 0.3 is 6.18 Å². The second-order valence-corrected chi connectivity index (χ2v) is 5.12. The summed E-state index contributed by atoms with van der Waals surface area (Å²) < 4.78 is 37.2. The van der Waals surface area contributed by atoms with Gasteiger partial charge < -0.3 is 10.6 Å². The zero-order valence-corrected chi connectivity index (χ0v) is 12.0. The van der Waals surface area contributed by atoms with Gasteiger partial charge in [0.25, 0.3) is 0 Å². The minimum atomic E-state index is -4.35. The lowest BCUT2D eigenvalue weighted by Gasteiger charge is -2.28. The van der Waals surface area contributed by atoms with E-state index in [4.69, 9.17) is 5.73 Å². The Hall–Kier alpha value is -0.780. The van der Waals surface area contributed by atoms with Crippen molar-refractivity contribution in [2.75, 3.05) is 13.1 Å². The highest BCUT2D eigenvalue weighted by atomic mass is 19.4. The molecule has 2 N–H and O–H groups in total. The molecule has 0 aromatic heterocycles. The fraction of sp³-hybridized carbons (Fsp3) is 0.923. The average Bonchev–Trinajstić information content (AvgIpc) is 2.29.